The summed E-state index contributed by atoms with van der Waals surface area (Å²) in [6.07, 6.45) is 0. The fourth-order valence-corrected chi connectivity index (χ4v) is 3.62. The molecular formula is C20H14Cl2N4O3. The van der Waals surface area contributed by atoms with Crippen molar-refractivity contribution in [1.82, 2.24) is 9.97 Å². The van der Waals surface area contributed by atoms with E-state index >= 15 is 0 Å². The Morgan fingerprint density at radius 2 is 1.97 bits per heavy atom. The van der Waals surface area contributed by atoms with Crippen molar-refractivity contribution in [2.24, 2.45) is 10.2 Å². The van der Waals surface area contributed by atoms with Crippen LogP contribution in [0.3, 0.4) is 0 Å². The predicted molar refractivity (Wildman–Crippen MR) is 112 cm³/mol. The second-order valence-electron chi connectivity index (χ2n) is 6.33. The Labute approximate surface area is 174 Å². The van der Waals surface area contributed by atoms with Crippen LogP contribution < -0.4 is 4.74 Å². The second kappa shape index (κ2) is 7.35. The lowest BCUT2D eigenvalue weighted by molar-refractivity contribution is 0.0996. The van der Waals surface area contributed by atoms with Crippen LogP contribution in [-0.4, -0.2) is 28.1 Å². The van der Waals surface area contributed by atoms with E-state index in [9.17, 15) is 9.90 Å². The molecule has 2 aromatic heterocycles. The first kappa shape index (κ1) is 19.2. The van der Waals surface area contributed by atoms with Gasteiger partial charge in [-0.3, -0.25) is 9.78 Å². The number of pyridine rings is 1. The van der Waals surface area contributed by atoms with Gasteiger partial charge in [0.1, 0.15) is 5.75 Å². The maximum atomic E-state index is 12.8. The van der Waals surface area contributed by atoms with Gasteiger partial charge in [0, 0.05) is 21.5 Å². The fourth-order valence-electron chi connectivity index (χ4n) is 3.08. The quantitative estimate of drug-likeness (QED) is 0.392. The third-order valence-corrected chi connectivity index (χ3v) is 4.91. The van der Waals surface area contributed by atoms with E-state index < -0.39 is 5.91 Å². The number of carbonyl (C=O) groups is 1. The summed E-state index contributed by atoms with van der Waals surface area (Å²) in [6, 6.07) is 9.99. The Kier molecular flexibility index (Phi) is 4.86. The van der Waals surface area contributed by atoms with E-state index in [4.69, 9.17) is 27.9 Å². The Morgan fingerprint density at radius 1 is 1.17 bits per heavy atom. The van der Waals surface area contributed by atoms with E-state index in [-0.39, 0.29) is 11.6 Å². The summed E-state index contributed by atoms with van der Waals surface area (Å²) in [5.74, 6) is -0.263. The number of amides is 1. The maximum absolute atomic E-state index is 12.8. The van der Waals surface area contributed by atoms with Crippen molar-refractivity contribution in [3.05, 3.63) is 57.7 Å². The Morgan fingerprint density at radius 3 is 2.72 bits per heavy atom. The summed E-state index contributed by atoms with van der Waals surface area (Å²) < 4.78 is 5.24. The molecule has 0 aliphatic rings. The zero-order valence-corrected chi connectivity index (χ0v) is 16.8. The van der Waals surface area contributed by atoms with Crippen molar-refractivity contribution in [3.63, 3.8) is 0 Å². The van der Waals surface area contributed by atoms with Crippen molar-refractivity contribution < 1.29 is 14.6 Å². The smallest absolute Gasteiger partial charge is 0.296 e. The molecule has 0 saturated carbocycles. The van der Waals surface area contributed by atoms with Gasteiger partial charge in [0.2, 0.25) is 5.88 Å². The van der Waals surface area contributed by atoms with E-state index in [0.29, 0.717) is 48.9 Å². The van der Waals surface area contributed by atoms with E-state index in [1.165, 1.54) is 6.07 Å². The molecule has 0 aliphatic heterocycles. The van der Waals surface area contributed by atoms with Gasteiger partial charge in [-0.2, -0.15) is 0 Å². The molecule has 29 heavy (non-hydrogen) atoms. The molecule has 2 aromatic carbocycles. The first-order valence-corrected chi connectivity index (χ1v) is 9.24. The first-order valence-electron chi connectivity index (χ1n) is 8.48. The highest BCUT2D eigenvalue weighted by Gasteiger charge is 2.16. The number of aryl methyl sites for hydroxylation is 1. The molecule has 0 radical (unpaired) electrons. The normalized spacial score (nSPS) is 11.6. The molecule has 146 valence electrons. The SMILES string of the molecule is COc1ccc2nc(C)cc(C(=O)N=Nc3c(O)[nH]c4c(Cl)cc(Cl)cc34)c2c1. The molecule has 4 rings (SSSR count). The predicted octanol–water partition coefficient (Wildman–Crippen LogP) is 5.97. The summed E-state index contributed by atoms with van der Waals surface area (Å²) in [6.45, 7) is 1.78. The largest absolute Gasteiger partial charge is 0.497 e. The molecule has 2 heterocycles. The van der Waals surface area contributed by atoms with Crippen LogP contribution in [-0.2, 0) is 0 Å². The van der Waals surface area contributed by atoms with Crippen LogP contribution in [0.1, 0.15) is 16.1 Å². The molecule has 0 aliphatic carbocycles. The molecular weight excluding hydrogens is 415 g/mol. The minimum atomic E-state index is -0.587. The van der Waals surface area contributed by atoms with Crippen LogP contribution in [0.15, 0.2) is 46.6 Å². The number of H-pyrrole nitrogens is 1. The standard InChI is InChI=1S/C20H14Cl2N4O3/c1-9-5-13(12-8-11(29-2)3-4-16(12)23-9)19(27)26-25-18-14-6-10(21)7-15(22)17(14)24-20(18)28/h3-8,24,28H,1-2H3. The van der Waals surface area contributed by atoms with Crippen molar-refractivity contribution in [2.75, 3.05) is 7.11 Å². The fraction of sp³-hybridized carbons (Fsp3) is 0.100. The van der Waals surface area contributed by atoms with E-state index in [2.05, 4.69) is 20.2 Å². The number of hydrogen-bond donors (Lipinski definition) is 2. The minimum Gasteiger partial charge on any atom is -0.497 e. The van der Waals surface area contributed by atoms with Crippen LogP contribution in [0.2, 0.25) is 10.0 Å². The molecule has 0 unspecified atom stereocenters. The lowest BCUT2D eigenvalue weighted by atomic mass is 10.1. The van der Waals surface area contributed by atoms with Crippen LogP contribution in [0.5, 0.6) is 11.6 Å². The molecule has 0 fully saturated rings. The lowest BCUT2D eigenvalue weighted by Crippen LogP contribution is -1.99. The number of benzene rings is 2. The molecule has 0 spiro atoms. The number of aromatic amines is 1. The average molecular weight is 429 g/mol. The van der Waals surface area contributed by atoms with Crippen molar-refractivity contribution in [3.8, 4) is 11.6 Å². The number of nitrogens with zero attached hydrogens (tertiary/aromatic N) is 3. The molecule has 1 amide bonds. The summed E-state index contributed by atoms with van der Waals surface area (Å²) >= 11 is 12.2. The molecule has 2 N–H and O–H groups in total. The molecule has 0 bridgehead atoms. The number of methoxy groups -OCH3 is 1. The monoisotopic (exact) mass is 428 g/mol. The number of aromatic hydroxyl groups is 1. The third kappa shape index (κ3) is 3.50. The van der Waals surface area contributed by atoms with Gasteiger partial charge in [0.15, 0.2) is 5.69 Å². The number of rotatable bonds is 3. The van der Waals surface area contributed by atoms with Crippen molar-refractivity contribution in [1.29, 1.82) is 0 Å². The van der Waals surface area contributed by atoms with Gasteiger partial charge in [-0.1, -0.05) is 23.2 Å². The third-order valence-electron chi connectivity index (χ3n) is 4.39. The Bertz CT molecular complexity index is 1310. The highest BCUT2D eigenvalue weighted by molar-refractivity contribution is 6.38. The Hall–Kier alpha value is -3.16. The highest BCUT2D eigenvalue weighted by atomic mass is 35.5. The first-order chi connectivity index (χ1) is 13.9. The number of halogens is 2. The number of carbonyl (C=O) groups excluding carboxylic acids is 1. The van der Waals surface area contributed by atoms with Crippen LogP contribution in [0, 0.1) is 6.92 Å². The van der Waals surface area contributed by atoms with E-state index in [0.717, 1.165) is 0 Å². The van der Waals surface area contributed by atoms with Gasteiger partial charge in [0.25, 0.3) is 5.91 Å². The van der Waals surface area contributed by atoms with Gasteiger partial charge < -0.3 is 14.8 Å². The summed E-state index contributed by atoms with van der Waals surface area (Å²) in [7, 11) is 1.54. The Balaban J connectivity index is 1.80. The summed E-state index contributed by atoms with van der Waals surface area (Å²) in [5, 5.41) is 19.7. The van der Waals surface area contributed by atoms with Gasteiger partial charge in [-0.25, -0.2) is 0 Å². The number of azo groups is 1. The van der Waals surface area contributed by atoms with Crippen LogP contribution in [0.25, 0.3) is 21.8 Å². The van der Waals surface area contributed by atoms with E-state index in [1.807, 2.05) is 0 Å². The molecule has 0 saturated heterocycles. The second-order valence-corrected chi connectivity index (χ2v) is 7.18. The number of ether oxygens (including phenoxy) is 1. The van der Waals surface area contributed by atoms with Crippen molar-refractivity contribution in [2.45, 2.75) is 6.92 Å². The number of aromatic nitrogens is 2. The topological polar surface area (TPSA) is 99.9 Å². The lowest BCUT2D eigenvalue weighted by Gasteiger charge is -2.06. The summed E-state index contributed by atoms with van der Waals surface area (Å²) in [4.78, 5) is 20.0. The highest BCUT2D eigenvalue weighted by Crippen LogP contribution is 2.40. The van der Waals surface area contributed by atoms with Gasteiger partial charge in [-0.05, 0) is 43.3 Å². The van der Waals surface area contributed by atoms with Gasteiger partial charge in [-0.15, -0.1) is 10.2 Å². The number of hydrogen-bond acceptors (Lipinski definition) is 5. The zero-order valence-electron chi connectivity index (χ0n) is 15.3. The maximum Gasteiger partial charge on any atom is 0.296 e. The van der Waals surface area contributed by atoms with Crippen LogP contribution in [0.4, 0.5) is 5.69 Å². The zero-order chi connectivity index (χ0) is 20.7. The van der Waals surface area contributed by atoms with Crippen molar-refractivity contribution >= 4 is 56.6 Å². The van der Waals surface area contributed by atoms with Gasteiger partial charge in [0.05, 0.1) is 28.7 Å². The average Bonchev–Trinajstić information content (AvgIpc) is 3.00. The minimum absolute atomic E-state index is 0.0745. The van der Waals surface area contributed by atoms with E-state index in [1.54, 1.807) is 44.4 Å². The molecule has 0 atom stereocenters. The van der Waals surface area contributed by atoms with Crippen LogP contribution >= 0.6 is 23.2 Å². The number of nitrogens with one attached hydrogen (secondary N) is 1. The summed E-state index contributed by atoms with van der Waals surface area (Å²) in [5.41, 5.74) is 2.15. The molecule has 9 heteroatoms. The van der Waals surface area contributed by atoms with Gasteiger partial charge >= 0.3 is 0 Å². The molecule has 7 nitrogen and oxygen atoms in total. The molecule has 4 aromatic rings. The number of fused-ring (bicyclic) bond motifs is 2.